The van der Waals surface area contributed by atoms with E-state index in [-0.39, 0.29) is 5.54 Å². The largest absolute Gasteiger partial charge is 0.311 e. The van der Waals surface area contributed by atoms with Gasteiger partial charge in [-0.25, -0.2) is 0 Å². The number of piperazine rings is 1. The fourth-order valence-electron chi connectivity index (χ4n) is 2.95. The van der Waals surface area contributed by atoms with Crippen molar-refractivity contribution in [1.82, 2.24) is 10.2 Å². The Kier molecular flexibility index (Phi) is 5.22. The number of nitrogens with zero attached hydrogens (tertiary/aromatic N) is 1. The molecular weight excluding hydrogens is 244 g/mol. The van der Waals surface area contributed by atoms with Crippen molar-refractivity contribution in [2.45, 2.75) is 52.1 Å². The van der Waals surface area contributed by atoms with Crippen LogP contribution in [-0.2, 0) is 6.42 Å². The Hall–Kier alpha value is -0.860. The molecule has 1 saturated heterocycles. The van der Waals surface area contributed by atoms with Gasteiger partial charge in [0, 0.05) is 31.2 Å². The molecule has 0 radical (unpaired) electrons. The van der Waals surface area contributed by atoms with Gasteiger partial charge in [-0.15, -0.1) is 0 Å². The maximum atomic E-state index is 3.74. The van der Waals surface area contributed by atoms with E-state index in [1.165, 1.54) is 18.5 Å². The fraction of sp³-hybridized carbons (Fsp3) is 0.667. The van der Waals surface area contributed by atoms with Crippen LogP contribution in [-0.4, -0.2) is 36.1 Å². The van der Waals surface area contributed by atoms with Crippen molar-refractivity contribution in [2.75, 3.05) is 19.6 Å². The van der Waals surface area contributed by atoms with Gasteiger partial charge < -0.3 is 5.32 Å². The molecule has 2 rings (SSSR count). The monoisotopic (exact) mass is 274 g/mol. The Morgan fingerprint density at radius 1 is 1.30 bits per heavy atom. The summed E-state index contributed by atoms with van der Waals surface area (Å²) in [6.07, 6.45) is 2.40. The van der Waals surface area contributed by atoms with Crippen molar-refractivity contribution in [2.24, 2.45) is 5.92 Å². The first-order valence-corrected chi connectivity index (χ1v) is 8.03. The van der Waals surface area contributed by atoms with E-state index < -0.39 is 0 Å². The SMILES string of the molecule is CCC(C)CN1CC(Cc2ccccc2)NCC1(C)C. The molecule has 1 aromatic carbocycles. The van der Waals surface area contributed by atoms with Gasteiger partial charge in [-0.3, -0.25) is 4.90 Å². The molecular formula is C18H30N2. The number of nitrogens with one attached hydrogen (secondary N) is 1. The Morgan fingerprint density at radius 3 is 2.65 bits per heavy atom. The van der Waals surface area contributed by atoms with Crippen molar-refractivity contribution >= 4 is 0 Å². The molecule has 1 N–H and O–H groups in total. The summed E-state index contributed by atoms with van der Waals surface area (Å²) in [5, 5.41) is 3.74. The summed E-state index contributed by atoms with van der Waals surface area (Å²) in [7, 11) is 0. The highest BCUT2D eigenvalue weighted by atomic mass is 15.3. The molecule has 20 heavy (non-hydrogen) atoms. The van der Waals surface area contributed by atoms with E-state index in [0.717, 1.165) is 25.4 Å². The molecule has 1 aliphatic heterocycles. The third kappa shape index (κ3) is 4.07. The van der Waals surface area contributed by atoms with Gasteiger partial charge in [0.05, 0.1) is 0 Å². The van der Waals surface area contributed by atoms with Crippen molar-refractivity contribution in [3.8, 4) is 0 Å². The van der Waals surface area contributed by atoms with Gasteiger partial charge >= 0.3 is 0 Å². The Morgan fingerprint density at radius 2 is 2.00 bits per heavy atom. The van der Waals surface area contributed by atoms with Gasteiger partial charge in [0.1, 0.15) is 0 Å². The van der Waals surface area contributed by atoms with Crippen LogP contribution in [0.2, 0.25) is 0 Å². The van der Waals surface area contributed by atoms with Gasteiger partial charge in [0.2, 0.25) is 0 Å². The van der Waals surface area contributed by atoms with Crippen LogP contribution in [0.5, 0.6) is 0 Å². The molecule has 0 saturated carbocycles. The second-order valence-corrected chi connectivity index (χ2v) is 7.00. The maximum Gasteiger partial charge on any atom is 0.0278 e. The molecule has 0 spiro atoms. The lowest BCUT2D eigenvalue weighted by Gasteiger charge is -2.47. The normalized spacial score (nSPS) is 24.5. The Balaban J connectivity index is 1.97. The van der Waals surface area contributed by atoms with E-state index >= 15 is 0 Å². The van der Waals surface area contributed by atoms with Crippen molar-refractivity contribution in [3.63, 3.8) is 0 Å². The van der Waals surface area contributed by atoms with E-state index in [1.807, 2.05) is 0 Å². The van der Waals surface area contributed by atoms with Gasteiger partial charge in [-0.2, -0.15) is 0 Å². The highest BCUT2D eigenvalue weighted by Crippen LogP contribution is 2.22. The maximum absolute atomic E-state index is 3.74. The lowest BCUT2D eigenvalue weighted by atomic mass is 9.93. The van der Waals surface area contributed by atoms with Crippen molar-refractivity contribution < 1.29 is 0 Å². The smallest absolute Gasteiger partial charge is 0.0278 e. The first-order chi connectivity index (χ1) is 9.51. The first kappa shape index (κ1) is 15.5. The summed E-state index contributed by atoms with van der Waals surface area (Å²) in [5.41, 5.74) is 1.71. The second-order valence-electron chi connectivity index (χ2n) is 7.00. The lowest BCUT2D eigenvalue weighted by Crippen LogP contribution is -2.63. The van der Waals surface area contributed by atoms with Gasteiger partial charge in [-0.05, 0) is 31.7 Å². The molecule has 1 aliphatic rings. The summed E-state index contributed by atoms with van der Waals surface area (Å²) in [6, 6.07) is 11.4. The predicted octanol–water partition coefficient (Wildman–Crippen LogP) is 3.33. The lowest BCUT2D eigenvalue weighted by molar-refractivity contribution is 0.0524. The standard InChI is InChI=1S/C18H30N2/c1-5-15(2)12-20-13-17(19-14-18(20,3)4)11-16-9-7-6-8-10-16/h6-10,15,17,19H,5,11-14H2,1-4H3. The van der Waals surface area contributed by atoms with Crippen molar-refractivity contribution in [3.05, 3.63) is 35.9 Å². The van der Waals surface area contributed by atoms with Crippen LogP contribution in [0.15, 0.2) is 30.3 Å². The van der Waals surface area contributed by atoms with Crippen LogP contribution in [0.3, 0.4) is 0 Å². The number of hydrogen-bond acceptors (Lipinski definition) is 2. The fourth-order valence-corrected chi connectivity index (χ4v) is 2.95. The minimum Gasteiger partial charge on any atom is -0.311 e. The van der Waals surface area contributed by atoms with Crippen molar-refractivity contribution in [1.29, 1.82) is 0 Å². The summed E-state index contributed by atoms with van der Waals surface area (Å²) in [4.78, 5) is 2.69. The summed E-state index contributed by atoms with van der Waals surface area (Å²) < 4.78 is 0. The predicted molar refractivity (Wildman–Crippen MR) is 87.0 cm³/mol. The number of rotatable bonds is 5. The van der Waals surface area contributed by atoms with Crippen LogP contribution in [0, 0.1) is 5.92 Å². The average molecular weight is 274 g/mol. The van der Waals surface area contributed by atoms with Crippen LogP contribution >= 0.6 is 0 Å². The van der Waals surface area contributed by atoms with Crippen LogP contribution < -0.4 is 5.32 Å². The molecule has 0 aromatic heterocycles. The minimum absolute atomic E-state index is 0.274. The Bertz CT molecular complexity index is 399. The van der Waals surface area contributed by atoms with E-state index in [1.54, 1.807) is 0 Å². The third-order valence-corrected chi connectivity index (χ3v) is 4.67. The van der Waals surface area contributed by atoms with Gasteiger partial charge in [0.25, 0.3) is 0 Å². The topological polar surface area (TPSA) is 15.3 Å². The van der Waals surface area contributed by atoms with Crippen LogP contribution in [0.25, 0.3) is 0 Å². The second kappa shape index (κ2) is 6.73. The molecule has 2 atom stereocenters. The minimum atomic E-state index is 0.274. The molecule has 2 nitrogen and oxygen atoms in total. The Labute approximate surface area is 124 Å². The van der Waals surface area contributed by atoms with Gasteiger partial charge in [-0.1, -0.05) is 50.6 Å². The van der Waals surface area contributed by atoms with Gasteiger partial charge in [0.15, 0.2) is 0 Å². The number of hydrogen-bond donors (Lipinski definition) is 1. The van der Waals surface area contributed by atoms with E-state index in [0.29, 0.717) is 6.04 Å². The molecule has 1 aromatic rings. The summed E-state index contributed by atoms with van der Waals surface area (Å²) in [6.45, 7) is 12.8. The highest BCUT2D eigenvalue weighted by molar-refractivity contribution is 5.16. The van der Waals surface area contributed by atoms with E-state index in [9.17, 15) is 0 Å². The van der Waals surface area contributed by atoms with Crippen LogP contribution in [0.1, 0.15) is 39.7 Å². The number of benzene rings is 1. The summed E-state index contributed by atoms with van der Waals surface area (Å²) in [5.74, 6) is 0.782. The van der Waals surface area contributed by atoms with E-state index in [2.05, 4.69) is 68.2 Å². The zero-order valence-corrected chi connectivity index (χ0v) is 13.5. The molecule has 2 heteroatoms. The molecule has 1 fully saturated rings. The summed E-state index contributed by atoms with van der Waals surface area (Å²) >= 11 is 0. The first-order valence-electron chi connectivity index (χ1n) is 8.03. The zero-order valence-electron chi connectivity index (χ0n) is 13.5. The third-order valence-electron chi connectivity index (χ3n) is 4.67. The molecule has 0 amide bonds. The quantitative estimate of drug-likeness (QED) is 0.886. The zero-order chi connectivity index (χ0) is 14.6. The molecule has 0 aliphatic carbocycles. The molecule has 0 bridgehead atoms. The van der Waals surface area contributed by atoms with E-state index in [4.69, 9.17) is 0 Å². The van der Waals surface area contributed by atoms with Crippen LogP contribution in [0.4, 0.5) is 0 Å². The molecule has 1 heterocycles. The molecule has 2 unspecified atom stereocenters. The average Bonchev–Trinajstić information content (AvgIpc) is 2.44. The molecule has 112 valence electrons. The highest BCUT2D eigenvalue weighted by Gasteiger charge is 2.34.